The van der Waals surface area contributed by atoms with E-state index in [2.05, 4.69) is 16.4 Å². The summed E-state index contributed by atoms with van der Waals surface area (Å²) in [6.45, 7) is 1.87. The molecule has 130 valence electrons. The van der Waals surface area contributed by atoms with Gasteiger partial charge in [-0.2, -0.15) is 0 Å². The van der Waals surface area contributed by atoms with E-state index in [0.29, 0.717) is 0 Å². The topological polar surface area (TPSA) is 24.4 Å². The molecule has 0 aliphatic carbocycles. The molecule has 1 heterocycles. The van der Waals surface area contributed by atoms with Gasteiger partial charge in [-0.05, 0) is 53.8 Å². The van der Waals surface area contributed by atoms with E-state index in [1.807, 2.05) is 0 Å². The zero-order valence-corrected chi connectivity index (χ0v) is 14.7. The number of nitrogens with one attached hydrogen (secondary N) is 1. The highest BCUT2D eigenvalue weighted by Gasteiger charge is 2.07. The third kappa shape index (κ3) is 5.16. The normalized spacial score (nSPS) is 13.8. The lowest BCUT2D eigenvalue weighted by atomic mass is 9.97. The minimum atomic E-state index is -0.265. The molecule has 0 atom stereocenters. The molecule has 0 saturated heterocycles. The number of halogens is 2. The molecule has 0 unspecified atom stereocenters. The Labute approximate surface area is 151 Å². The summed E-state index contributed by atoms with van der Waals surface area (Å²) in [6.07, 6.45) is 4.05. The molecule has 3 rings (SSSR count). The molecular formula is C20H20F2N2S. The fourth-order valence-corrected chi connectivity index (χ4v) is 3.44. The molecule has 0 amide bonds. The molecule has 1 aliphatic rings. The standard InChI is InChI=1S/C20H20F2N2S/c21-17-8-4-15(5-9-17)19(16-6-10-18(22)11-7-16)3-1-14-25-20-23-12-2-13-24-20/h3-11H,1-2,12-14H2,(H,23,24). The number of thioether (sulfide) groups is 1. The van der Waals surface area contributed by atoms with Gasteiger partial charge >= 0.3 is 0 Å². The maximum atomic E-state index is 13.2. The second-order valence-corrected chi connectivity index (χ2v) is 6.82. The molecule has 0 fully saturated rings. The smallest absolute Gasteiger partial charge is 0.156 e. The lowest BCUT2D eigenvalue weighted by Crippen LogP contribution is -2.26. The first-order chi connectivity index (χ1) is 12.2. The number of rotatable bonds is 5. The van der Waals surface area contributed by atoms with Crippen LogP contribution >= 0.6 is 11.8 Å². The van der Waals surface area contributed by atoms with Crippen LogP contribution in [-0.2, 0) is 0 Å². The molecule has 0 spiro atoms. The Bertz CT molecular complexity index is 705. The molecule has 2 aromatic rings. The number of nitrogens with zero attached hydrogens (tertiary/aromatic N) is 1. The first-order valence-electron chi connectivity index (χ1n) is 8.35. The van der Waals surface area contributed by atoms with E-state index in [4.69, 9.17) is 0 Å². The Morgan fingerprint density at radius 2 is 1.60 bits per heavy atom. The van der Waals surface area contributed by atoms with E-state index in [1.54, 1.807) is 36.0 Å². The summed E-state index contributed by atoms with van der Waals surface area (Å²) in [5.74, 6) is 0.371. The van der Waals surface area contributed by atoms with Gasteiger partial charge < -0.3 is 5.32 Å². The predicted octanol–water partition coefficient (Wildman–Crippen LogP) is 4.87. The number of allylic oxidation sites excluding steroid dienone is 1. The van der Waals surface area contributed by atoms with Crippen LogP contribution in [0, 0.1) is 11.6 Å². The molecule has 0 saturated carbocycles. The van der Waals surface area contributed by atoms with Crippen molar-refractivity contribution in [3.8, 4) is 0 Å². The maximum absolute atomic E-state index is 13.2. The van der Waals surface area contributed by atoms with Crippen LogP contribution in [0.15, 0.2) is 59.6 Å². The molecule has 0 aromatic heterocycles. The summed E-state index contributed by atoms with van der Waals surface area (Å²) < 4.78 is 26.5. The van der Waals surface area contributed by atoms with Crippen molar-refractivity contribution in [3.63, 3.8) is 0 Å². The molecule has 25 heavy (non-hydrogen) atoms. The van der Waals surface area contributed by atoms with Gasteiger partial charge in [0, 0.05) is 18.8 Å². The van der Waals surface area contributed by atoms with Crippen molar-refractivity contribution in [2.24, 2.45) is 4.99 Å². The Kier molecular flexibility index (Phi) is 6.23. The van der Waals surface area contributed by atoms with Crippen molar-refractivity contribution < 1.29 is 8.78 Å². The number of hydrogen-bond donors (Lipinski definition) is 1. The maximum Gasteiger partial charge on any atom is 0.156 e. The molecule has 1 aliphatic heterocycles. The van der Waals surface area contributed by atoms with E-state index >= 15 is 0 Å². The van der Waals surface area contributed by atoms with Crippen LogP contribution in [0.3, 0.4) is 0 Å². The van der Waals surface area contributed by atoms with E-state index in [9.17, 15) is 8.78 Å². The number of amidine groups is 1. The van der Waals surface area contributed by atoms with Crippen LogP contribution in [0.25, 0.3) is 5.57 Å². The summed E-state index contributed by atoms with van der Waals surface area (Å²) >= 11 is 1.71. The van der Waals surface area contributed by atoms with E-state index in [0.717, 1.165) is 53.6 Å². The fraction of sp³-hybridized carbons (Fsp3) is 0.250. The second kappa shape index (κ2) is 8.81. The number of benzene rings is 2. The SMILES string of the molecule is Fc1ccc(C(=CCCSC2=NCCCN2)c2ccc(F)cc2)cc1. The number of aliphatic imine (C=N–C) groups is 1. The first-order valence-corrected chi connectivity index (χ1v) is 9.34. The molecular weight excluding hydrogens is 338 g/mol. The molecule has 2 aromatic carbocycles. The van der Waals surface area contributed by atoms with Crippen molar-refractivity contribution in [1.82, 2.24) is 5.32 Å². The van der Waals surface area contributed by atoms with Gasteiger partial charge in [0.05, 0.1) is 0 Å². The largest absolute Gasteiger partial charge is 0.365 e. The van der Waals surface area contributed by atoms with Crippen LogP contribution in [0.4, 0.5) is 8.78 Å². The van der Waals surface area contributed by atoms with Crippen LogP contribution in [0.5, 0.6) is 0 Å². The molecule has 0 bridgehead atoms. The lowest BCUT2D eigenvalue weighted by Gasteiger charge is -2.13. The fourth-order valence-electron chi connectivity index (χ4n) is 2.63. The highest BCUT2D eigenvalue weighted by atomic mass is 32.2. The summed E-state index contributed by atoms with van der Waals surface area (Å²) in [7, 11) is 0. The third-order valence-electron chi connectivity index (χ3n) is 3.88. The first kappa shape index (κ1) is 17.7. The molecule has 0 radical (unpaired) electrons. The summed E-state index contributed by atoms with van der Waals surface area (Å²) in [5.41, 5.74) is 2.83. The molecule has 2 nitrogen and oxygen atoms in total. The summed E-state index contributed by atoms with van der Waals surface area (Å²) in [5, 5.41) is 4.30. The summed E-state index contributed by atoms with van der Waals surface area (Å²) in [4.78, 5) is 4.45. The van der Waals surface area contributed by atoms with Crippen molar-refractivity contribution in [2.75, 3.05) is 18.8 Å². The third-order valence-corrected chi connectivity index (χ3v) is 4.87. The minimum Gasteiger partial charge on any atom is -0.365 e. The van der Waals surface area contributed by atoms with E-state index in [-0.39, 0.29) is 11.6 Å². The Hall–Kier alpha value is -2.14. The van der Waals surface area contributed by atoms with Crippen LogP contribution < -0.4 is 5.32 Å². The van der Waals surface area contributed by atoms with Crippen LogP contribution in [-0.4, -0.2) is 24.0 Å². The van der Waals surface area contributed by atoms with Gasteiger partial charge in [0.15, 0.2) is 5.17 Å². The average Bonchev–Trinajstić information content (AvgIpc) is 2.65. The van der Waals surface area contributed by atoms with Crippen molar-refractivity contribution in [3.05, 3.63) is 77.4 Å². The van der Waals surface area contributed by atoms with Crippen molar-refractivity contribution >= 4 is 22.5 Å². The Morgan fingerprint density at radius 3 is 2.12 bits per heavy atom. The monoisotopic (exact) mass is 358 g/mol. The van der Waals surface area contributed by atoms with Crippen LogP contribution in [0.2, 0.25) is 0 Å². The zero-order valence-electron chi connectivity index (χ0n) is 13.8. The van der Waals surface area contributed by atoms with Crippen molar-refractivity contribution in [2.45, 2.75) is 12.8 Å². The zero-order chi connectivity index (χ0) is 17.5. The quantitative estimate of drug-likeness (QED) is 0.771. The minimum absolute atomic E-state index is 0.265. The predicted molar refractivity (Wildman–Crippen MR) is 102 cm³/mol. The van der Waals surface area contributed by atoms with Gasteiger partial charge in [-0.1, -0.05) is 42.1 Å². The summed E-state index contributed by atoms with van der Waals surface area (Å²) in [6, 6.07) is 12.8. The average molecular weight is 358 g/mol. The number of hydrogen-bond acceptors (Lipinski definition) is 3. The van der Waals surface area contributed by atoms with E-state index in [1.165, 1.54) is 24.3 Å². The van der Waals surface area contributed by atoms with Gasteiger partial charge in [0.25, 0.3) is 0 Å². The van der Waals surface area contributed by atoms with Gasteiger partial charge in [-0.3, -0.25) is 4.99 Å². The second-order valence-electron chi connectivity index (χ2n) is 5.74. The Morgan fingerprint density at radius 1 is 1.00 bits per heavy atom. The highest BCUT2D eigenvalue weighted by Crippen LogP contribution is 2.25. The molecule has 5 heteroatoms. The van der Waals surface area contributed by atoms with Crippen LogP contribution in [0.1, 0.15) is 24.0 Å². The van der Waals surface area contributed by atoms with Gasteiger partial charge in [-0.15, -0.1) is 0 Å². The molecule has 1 N–H and O–H groups in total. The van der Waals surface area contributed by atoms with Gasteiger partial charge in [0.1, 0.15) is 11.6 Å². The van der Waals surface area contributed by atoms with Crippen molar-refractivity contribution in [1.29, 1.82) is 0 Å². The lowest BCUT2D eigenvalue weighted by molar-refractivity contribution is 0.627. The van der Waals surface area contributed by atoms with Gasteiger partial charge in [0.2, 0.25) is 0 Å². The Balaban J connectivity index is 1.74. The van der Waals surface area contributed by atoms with E-state index < -0.39 is 0 Å². The van der Waals surface area contributed by atoms with Gasteiger partial charge in [-0.25, -0.2) is 8.78 Å². The highest BCUT2D eigenvalue weighted by molar-refractivity contribution is 8.13.